The predicted octanol–water partition coefficient (Wildman–Crippen LogP) is 6.48. The van der Waals surface area contributed by atoms with Gasteiger partial charge in [0.15, 0.2) is 0 Å². The fourth-order valence-corrected chi connectivity index (χ4v) is 6.02. The number of hydrogen-bond acceptors (Lipinski definition) is 2. The fraction of sp³-hybridized carbons (Fsp3) is 0.143. The van der Waals surface area contributed by atoms with Crippen molar-refractivity contribution in [3.05, 3.63) is 127 Å². The number of para-hydroxylation sites is 1. The van der Waals surface area contributed by atoms with Crippen LogP contribution in [0.4, 0.5) is 0 Å². The molecule has 1 aliphatic heterocycles. The maximum Gasteiger partial charge on any atom is 0.431 e. The summed E-state index contributed by atoms with van der Waals surface area (Å²) in [4.78, 5) is 13.1. The number of H-pyrrole nitrogens is 1. The Morgan fingerprint density at radius 2 is 1.35 bits per heavy atom. The third-order valence-corrected chi connectivity index (χ3v) is 8.32. The minimum atomic E-state index is -0.527. The normalized spacial score (nSPS) is 22.9. The van der Waals surface area contributed by atoms with Crippen LogP contribution in [0.15, 0.2) is 103 Å². The number of aromatic nitrogens is 2. The van der Waals surface area contributed by atoms with Gasteiger partial charge in [0.2, 0.25) is 5.69 Å². The molecule has 34 heavy (non-hydrogen) atoms. The molecule has 2 atom stereocenters. The molecular formula is C28H21Br2N2O2+. The minimum absolute atomic E-state index is 0.323. The van der Waals surface area contributed by atoms with Gasteiger partial charge in [0.05, 0.1) is 5.41 Å². The summed E-state index contributed by atoms with van der Waals surface area (Å²) in [5.41, 5.74) is 3.77. The van der Waals surface area contributed by atoms with Crippen LogP contribution in [0.2, 0.25) is 0 Å². The molecule has 6 rings (SSSR count). The van der Waals surface area contributed by atoms with E-state index < -0.39 is 5.41 Å². The molecule has 1 aliphatic carbocycles. The number of halogens is 2. The van der Waals surface area contributed by atoms with Crippen LogP contribution in [0.3, 0.4) is 0 Å². The maximum absolute atomic E-state index is 13.1. The maximum atomic E-state index is 13.1. The number of nitrogens with one attached hydrogen (secondary N) is 1. The van der Waals surface area contributed by atoms with Gasteiger partial charge in [-0.2, -0.15) is 0 Å². The van der Waals surface area contributed by atoms with Crippen molar-refractivity contribution in [2.45, 2.75) is 23.7 Å². The van der Waals surface area contributed by atoms with Gasteiger partial charge in [0, 0.05) is 26.0 Å². The van der Waals surface area contributed by atoms with Crippen molar-refractivity contribution in [3.63, 3.8) is 0 Å². The average molecular weight is 577 g/mol. The molecule has 1 fully saturated rings. The van der Waals surface area contributed by atoms with Crippen molar-refractivity contribution >= 4 is 44.0 Å². The van der Waals surface area contributed by atoms with E-state index in [9.17, 15) is 4.79 Å². The van der Waals surface area contributed by atoms with Gasteiger partial charge in [0.1, 0.15) is 0 Å². The van der Waals surface area contributed by atoms with Crippen molar-refractivity contribution in [1.29, 1.82) is 0 Å². The summed E-state index contributed by atoms with van der Waals surface area (Å²) in [7, 11) is 0. The van der Waals surface area contributed by atoms with E-state index in [1.165, 1.54) is 5.56 Å². The van der Waals surface area contributed by atoms with Gasteiger partial charge in [-0.05, 0) is 58.2 Å². The Morgan fingerprint density at radius 1 is 0.794 bits per heavy atom. The Bertz CT molecular complexity index is 1500. The Morgan fingerprint density at radius 3 is 1.94 bits per heavy atom. The molecule has 1 N–H and O–H groups in total. The molecular weight excluding hydrogens is 556 g/mol. The van der Waals surface area contributed by atoms with Crippen LogP contribution in [0.25, 0.3) is 17.8 Å². The average Bonchev–Trinajstić information content (AvgIpc) is 3.23. The van der Waals surface area contributed by atoms with Crippen LogP contribution in [-0.2, 0) is 10.8 Å². The third-order valence-electron chi connectivity index (χ3n) is 7.27. The summed E-state index contributed by atoms with van der Waals surface area (Å²) in [6.07, 6.45) is 10.6. The second kappa shape index (κ2) is 8.07. The van der Waals surface area contributed by atoms with Crippen LogP contribution >= 0.6 is 31.9 Å². The fourth-order valence-electron chi connectivity index (χ4n) is 5.50. The van der Waals surface area contributed by atoms with E-state index in [0.29, 0.717) is 5.69 Å². The summed E-state index contributed by atoms with van der Waals surface area (Å²) in [6, 6.07) is 24.7. The van der Waals surface area contributed by atoms with Crippen molar-refractivity contribution < 1.29 is 9.20 Å². The molecule has 2 aliphatic rings. The molecule has 0 spiro atoms. The van der Waals surface area contributed by atoms with Crippen molar-refractivity contribution in [1.82, 2.24) is 5.27 Å². The number of benzene rings is 3. The highest BCUT2D eigenvalue weighted by Crippen LogP contribution is 2.62. The van der Waals surface area contributed by atoms with E-state index >= 15 is 0 Å². The largest absolute Gasteiger partial charge is 0.431 e. The topological polar surface area (TPSA) is 49.9 Å². The molecule has 4 aromatic rings. The lowest BCUT2D eigenvalue weighted by Crippen LogP contribution is -2.66. The molecule has 0 bridgehead atoms. The van der Waals surface area contributed by atoms with Crippen LogP contribution < -0.4 is 10.3 Å². The van der Waals surface area contributed by atoms with Gasteiger partial charge in [0.25, 0.3) is 0 Å². The van der Waals surface area contributed by atoms with Crippen molar-refractivity contribution in [3.8, 4) is 5.69 Å². The van der Waals surface area contributed by atoms with E-state index in [1.54, 1.807) is 0 Å². The summed E-state index contributed by atoms with van der Waals surface area (Å²) in [6.45, 7) is 0. The Balaban J connectivity index is 1.56. The second-order valence-electron chi connectivity index (χ2n) is 8.89. The lowest BCUT2D eigenvalue weighted by Gasteiger charge is -2.55. The highest BCUT2D eigenvalue weighted by atomic mass is 79.9. The van der Waals surface area contributed by atoms with E-state index in [4.69, 9.17) is 4.52 Å². The van der Waals surface area contributed by atoms with Gasteiger partial charge >= 0.3 is 11.3 Å². The summed E-state index contributed by atoms with van der Waals surface area (Å²) in [5, 5.41) is 2.85. The smallest absolute Gasteiger partial charge is 0.283 e. The molecule has 1 aromatic heterocycles. The predicted molar refractivity (Wildman–Crippen MR) is 140 cm³/mol. The quantitative estimate of drug-likeness (QED) is 0.283. The first kappa shape index (κ1) is 21.6. The zero-order valence-electron chi connectivity index (χ0n) is 18.2. The second-order valence-corrected chi connectivity index (χ2v) is 10.7. The van der Waals surface area contributed by atoms with E-state index in [0.717, 1.165) is 38.6 Å². The highest BCUT2D eigenvalue weighted by Gasteiger charge is 2.68. The molecule has 2 heterocycles. The molecule has 0 radical (unpaired) electrons. The van der Waals surface area contributed by atoms with E-state index in [-0.39, 0.29) is 11.0 Å². The Hall–Kier alpha value is -2.96. The number of fused-ring (bicyclic) bond motifs is 6. The van der Waals surface area contributed by atoms with Gasteiger partial charge in [-0.3, -0.25) is 4.52 Å². The number of hydrogen-bond donors (Lipinski definition) is 1. The zero-order valence-corrected chi connectivity index (χ0v) is 21.3. The standard InChI is InChI=1S/C28H20Br2N2O2/c29-21-9-5-19(6-10-21)13-15-27-17-18-28(27,16-14-20-7-11-22(30)12-8-20)25-26(33)34-31-32(25)24-4-2-1-3-23(24)27/h1-16H,17-18H2/p+1/b15-13+,16-14+. The first-order chi connectivity index (χ1) is 16.5. The molecule has 1 saturated carbocycles. The first-order valence-electron chi connectivity index (χ1n) is 11.2. The van der Waals surface area contributed by atoms with Crippen LogP contribution in [0.1, 0.15) is 35.2 Å². The van der Waals surface area contributed by atoms with Gasteiger partial charge in [-0.1, -0.05) is 98.6 Å². The number of rotatable bonds is 4. The minimum Gasteiger partial charge on any atom is -0.283 e. The number of aromatic amines is 1. The summed E-state index contributed by atoms with van der Waals surface area (Å²) < 4.78 is 9.27. The van der Waals surface area contributed by atoms with Crippen LogP contribution in [-0.4, -0.2) is 5.27 Å². The highest BCUT2D eigenvalue weighted by molar-refractivity contribution is 9.10. The molecule has 3 aromatic carbocycles. The monoisotopic (exact) mass is 575 g/mol. The molecule has 168 valence electrons. The number of allylic oxidation sites excluding steroid dienone is 2. The SMILES string of the molecule is O=c1o[nH][n+]2c1C1(/C=C/c3ccc(Br)cc3)CCC1(/C=C/c1ccc(Br)cc1)c1ccccc1-2. The van der Waals surface area contributed by atoms with E-state index in [1.807, 2.05) is 41.1 Å². The van der Waals surface area contributed by atoms with E-state index in [2.05, 4.69) is 97.8 Å². The number of nitrogens with zero attached hydrogens (tertiary/aromatic N) is 1. The molecule has 0 saturated heterocycles. The summed E-state index contributed by atoms with van der Waals surface area (Å²) in [5.74, 6) is 0. The van der Waals surface area contributed by atoms with Crippen LogP contribution in [0.5, 0.6) is 0 Å². The lowest BCUT2D eigenvalue weighted by atomic mass is 9.44. The van der Waals surface area contributed by atoms with Gasteiger partial charge in [-0.15, -0.1) is 0 Å². The summed E-state index contributed by atoms with van der Waals surface area (Å²) >= 11 is 7.02. The molecule has 2 unspecified atom stereocenters. The van der Waals surface area contributed by atoms with Crippen molar-refractivity contribution in [2.75, 3.05) is 0 Å². The van der Waals surface area contributed by atoms with Gasteiger partial charge in [-0.25, -0.2) is 4.79 Å². The molecule has 4 nitrogen and oxygen atoms in total. The molecule has 6 heteroatoms. The Labute approximate surface area is 213 Å². The zero-order chi connectivity index (χ0) is 23.3. The third kappa shape index (κ3) is 3.16. The lowest BCUT2D eigenvalue weighted by molar-refractivity contribution is -0.685. The van der Waals surface area contributed by atoms with Crippen LogP contribution in [0, 0.1) is 0 Å². The first-order valence-corrected chi connectivity index (χ1v) is 12.7. The van der Waals surface area contributed by atoms with Gasteiger partial charge < -0.3 is 0 Å². The molecule has 0 amide bonds. The van der Waals surface area contributed by atoms with Crippen molar-refractivity contribution in [2.24, 2.45) is 0 Å². The Kier molecular flexibility index (Phi) is 5.12.